The summed E-state index contributed by atoms with van der Waals surface area (Å²) >= 11 is 0. The number of hydrogen-bond acceptors (Lipinski definition) is 2. The molecular weight excluding hydrogens is 244 g/mol. The second kappa shape index (κ2) is 6.73. The van der Waals surface area contributed by atoms with E-state index in [9.17, 15) is 0 Å². The molecule has 20 heavy (non-hydrogen) atoms. The van der Waals surface area contributed by atoms with Gasteiger partial charge in [-0.05, 0) is 32.3 Å². The third kappa shape index (κ3) is 3.83. The van der Waals surface area contributed by atoms with Gasteiger partial charge >= 0.3 is 0 Å². The maximum Gasteiger partial charge on any atom is 0.0237 e. The summed E-state index contributed by atoms with van der Waals surface area (Å²) in [5, 5.41) is 3.72. The summed E-state index contributed by atoms with van der Waals surface area (Å²) in [6, 6.07) is 8.19. The van der Waals surface area contributed by atoms with E-state index >= 15 is 0 Å². The second-order valence-electron chi connectivity index (χ2n) is 6.67. The molecule has 0 spiro atoms. The summed E-state index contributed by atoms with van der Waals surface area (Å²) in [7, 11) is 0. The van der Waals surface area contributed by atoms with E-state index in [1.165, 1.54) is 29.7 Å². The molecule has 1 aromatic rings. The molecule has 0 amide bonds. The summed E-state index contributed by atoms with van der Waals surface area (Å²) < 4.78 is 0. The summed E-state index contributed by atoms with van der Waals surface area (Å²) in [6.45, 7) is 14.7. The summed E-state index contributed by atoms with van der Waals surface area (Å²) in [5.41, 5.74) is 4.21. The highest BCUT2D eigenvalue weighted by molar-refractivity contribution is 5.28. The molecule has 0 bridgehead atoms. The van der Waals surface area contributed by atoms with Crippen molar-refractivity contribution in [3.8, 4) is 0 Å². The lowest BCUT2D eigenvalue weighted by molar-refractivity contribution is 0.112. The van der Waals surface area contributed by atoms with Crippen LogP contribution < -0.4 is 5.32 Å². The first-order valence-electron chi connectivity index (χ1n) is 8.04. The molecule has 0 aromatic heterocycles. The molecule has 2 nitrogen and oxygen atoms in total. The fourth-order valence-corrected chi connectivity index (χ4v) is 3.23. The van der Waals surface area contributed by atoms with Gasteiger partial charge in [-0.1, -0.05) is 49.6 Å². The van der Waals surface area contributed by atoms with Gasteiger partial charge in [-0.3, -0.25) is 4.90 Å². The first kappa shape index (κ1) is 15.5. The predicted octanol–water partition coefficient (Wildman–Crippen LogP) is 3.51. The van der Waals surface area contributed by atoms with Gasteiger partial charge in [0.2, 0.25) is 0 Å². The lowest BCUT2D eigenvalue weighted by Crippen LogP contribution is -2.56. The number of piperazine rings is 1. The predicted molar refractivity (Wildman–Crippen MR) is 87.0 cm³/mol. The van der Waals surface area contributed by atoms with Gasteiger partial charge in [0.15, 0.2) is 0 Å². The maximum atomic E-state index is 3.72. The SMILES string of the molecule is CCC(C)C1CN(Cc2cc(C)cc(C)c2)C(C)CN1. The second-order valence-corrected chi connectivity index (χ2v) is 6.67. The molecule has 0 radical (unpaired) electrons. The highest BCUT2D eigenvalue weighted by Crippen LogP contribution is 2.19. The molecule has 0 aliphatic carbocycles. The Morgan fingerprint density at radius 1 is 1.25 bits per heavy atom. The lowest BCUT2D eigenvalue weighted by atomic mass is 9.95. The molecule has 3 unspecified atom stereocenters. The zero-order chi connectivity index (χ0) is 14.7. The molecule has 1 saturated heterocycles. The van der Waals surface area contributed by atoms with Crippen LogP contribution in [0.4, 0.5) is 0 Å². The first-order chi connectivity index (χ1) is 9.49. The number of rotatable bonds is 4. The number of benzene rings is 1. The largest absolute Gasteiger partial charge is 0.311 e. The van der Waals surface area contributed by atoms with Gasteiger partial charge in [0.25, 0.3) is 0 Å². The van der Waals surface area contributed by atoms with E-state index < -0.39 is 0 Å². The van der Waals surface area contributed by atoms with Crippen LogP contribution in [0.3, 0.4) is 0 Å². The van der Waals surface area contributed by atoms with Crippen molar-refractivity contribution in [2.24, 2.45) is 5.92 Å². The zero-order valence-corrected chi connectivity index (χ0v) is 13.7. The third-order valence-corrected chi connectivity index (χ3v) is 4.73. The molecule has 1 aliphatic heterocycles. The lowest BCUT2D eigenvalue weighted by Gasteiger charge is -2.41. The molecule has 3 atom stereocenters. The topological polar surface area (TPSA) is 15.3 Å². The van der Waals surface area contributed by atoms with Crippen LogP contribution in [0.15, 0.2) is 18.2 Å². The highest BCUT2D eigenvalue weighted by Gasteiger charge is 2.27. The quantitative estimate of drug-likeness (QED) is 0.904. The van der Waals surface area contributed by atoms with Gasteiger partial charge in [0.05, 0.1) is 0 Å². The first-order valence-corrected chi connectivity index (χ1v) is 8.04. The zero-order valence-electron chi connectivity index (χ0n) is 13.7. The van der Waals surface area contributed by atoms with Gasteiger partial charge in [0, 0.05) is 31.7 Å². The van der Waals surface area contributed by atoms with Crippen molar-refractivity contribution in [3.63, 3.8) is 0 Å². The maximum absolute atomic E-state index is 3.72. The van der Waals surface area contributed by atoms with E-state index in [2.05, 4.69) is 63.0 Å². The Hall–Kier alpha value is -0.860. The number of aryl methyl sites for hydroxylation is 2. The molecular formula is C18H30N2. The number of nitrogens with one attached hydrogen (secondary N) is 1. The average Bonchev–Trinajstić information content (AvgIpc) is 2.39. The normalized spacial score (nSPS) is 25.6. The average molecular weight is 274 g/mol. The van der Waals surface area contributed by atoms with Crippen molar-refractivity contribution in [1.82, 2.24) is 10.2 Å². The highest BCUT2D eigenvalue weighted by atomic mass is 15.2. The van der Waals surface area contributed by atoms with Crippen molar-refractivity contribution >= 4 is 0 Å². The molecule has 0 saturated carbocycles. The molecule has 2 rings (SSSR count). The van der Waals surface area contributed by atoms with Crippen LogP contribution in [0.5, 0.6) is 0 Å². The van der Waals surface area contributed by atoms with Crippen LogP contribution in [-0.2, 0) is 6.54 Å². The van der Waals surface area contributed by atoms with Crippen LogP contribution in [0, 0.1) is 19.8 Å². The van der Waals surface area contributed by atoms with E-state index in [-0.39, 0.29) is 0 Å². The van der Waals surface area contributed by atoms with E-state index in [1.807, 2.05) is 0 Å². The smallest absolute Gasteiger partial charge is 0.0237 e. The molecule has 1 N–H and O–H groups in total. The van der Waals surface area contributed by atoms with Gasteiger partial charge in [-0.25, -0.2) is 0 Å². The van der Waals surface area contributed by atoms with E-state index in [1.54, 1.807) is 0 Å². The van der Waals surface area contributed by atoms with Crippen LogP contribution in [0.1, 0.15) is 43.9 Å². The molecule has 1 aliphatic rings. The Balaban J connectivity index is 2.06. The van der Waals surface area contributed by atoms with Crippen LogP contribution in [0.2, 0.25) is 0 Å². The van der Waals surface area contributed by atoms with Crippen molar-refractivity contribution in [2.45, 2.75) is 59.7 Å². The monoisotopic (exact) mass is 274 g/mol. The van der Waals surface area contributed by atoms with Crippen molar-refractivity contribution < 1.29 is 0 Å². The third-order valence-electron chi connectivity index (χ3n) is 4.73. The van der Waals surface area contributed by atoms with E-state index in [0.717, 1.165) is 19.0 Å². The Morgan fingerprint density at radius 2 is 1.90 bits per heavy atom. The standard InChI is InChI=1S/C18H30N2/c1-6-15(4)18-12-20(16(5)10-19-18)11-17-8-13(2)7-14(3)9-17/h7-9,15-16,18-19H,6,10-12H2,1-5H3. The van der Waals surface area contributed by atoms with Crippen LogP contribution >= 0.6 is 0 Å². The molecule has 1 heterocycles. The van der Waals surface area contributed by atoms with Gasteiger partial charge in [-0.2, -0.15) is 0 Å². The fraction of sp³-hybridized carbons (Fsp3) is 0.667. The van der Waals surface area contributed by atoms with Crippen molar-refractivity contribution in [2.75, 3.05) is 13.1 Å². The summed E-state index contributed by atoms with van der Waals surface area (Å²) in [4.78, 5) is 2.64. The molecule has 1 aromatic carbocycles. The summed E-state index contributed by atoms with van der Waals surface area (Å²) in [6.07, 6.45) is 1.25. The molecule has 112 valence electrons. The Labute approximate surface area is 124 Å². The minimum absolute atomic E-state index is 0.621. The summed E-state index contributed by atoms with van der Waals surface area (Å²) in [5.74, 6) is 0.754. The van der Waals surface area contributed by atoms with Crippen molar-refractivity contribution in [1.29, 1.82) is 0 Å². The van der Waals surface area contributed by atoms with E-state index in [0.29, 0.717) is 12.1 Å². The minimum atomic E-state index is 0.621. The van der Waals surface area contributed by atoms with Gasteiger partial charge in [-0.15, -0.1) is 0 Å². The van der Waals surface area contributed by atoms with Gasteiger partial charge < -0.3 is 5.32 Å². The van der Waals surface area contributed by atoms with E-state index in [4.69, 9.17) is 0 Å². The molecule has 1 fully saturated rings. The number of hydrogen-bond donors (Lipinski definition) is 1. The van der Waals surface area contributed by atoms with Crippen LogP contribution in [-0.4, -0.2) is 30.1 Å². The Bertz CT molecular complexity index is 421. The molecule has 2 heteroatoms. The fourth-order valence-electron chi connectivity index (χ4n) is 3.23. The number of nitrogens with zero attached hydrogens (tertiary/aromatic N) is 1. The van der Waals surface area contributed by atoms with Gasteiger partial charge in [0.1, 0.15) is 0 Å². The Kier molecular flexibility index (Phi) is 5.22. The van der Waals surface area contributed by atoms with Crippen molar-refractivity contribution in [3.05, 3.63) is 34.9 Å². The Morgan fingerprint density at radius 3 is 2.50 bits per heavy atom. The minimum Gasteiger partial charge on any atom is -0.311 e. The van der Waals surface area contributed by atoms with Crippen LogP contribution in [0.25, 0.3) is 0 Å².